The van der Waals surface area contributed by atoms with Crippen LogP contribution in [0, 0.1) is 0 Å². The van der Waals surface area contributed by atoms with E-state index in [0.29, 0.717) is 0 Å². The first-order valence-corrected chi connectivity index (χ1v) is 6.00. The van der Waals surface area contributed by atoms with Crippen LogP contribution in [0.1, 0.15) is 0 Å². The van der Waals surface area contributed by atoms with E-state index in [2.05, 4.69) is 9.38 Å². The van der Waals surface area contributed by atoms with E-state index in [9.17, 15) is 13.5 Å². The second-order valence-electron chi connectivity index (χ2n) is 3.00. The average molecular weight is 247 g/mol. The highest BCUT2D eigenvalue weighted by Crippen LogP contribution is 2.29. The van der Waals surface area contributed by atoms with Crippen LogP contribution < -0.4 is 9.38 Å². The van der Waals surface area contributed by atoms with Crippen molar-refractivity contribution in [3.05, 3.63) is 18.2 Å². The minimum atomic E-state index is -3.45. The quantitative estimate of drug-likeness (QED) is 0.405. The van der Waals surface area contributed by atoms with Crippen LogP contribution in [-0.2, 0) is 10.0 Å². The highest BCUT2D eigenvalue weighted by molar-refractivity contribution is 7.92. The molecule has 0 aliphatic rings. The molecule has 1 rings (SSSR count). The van der Waals surface area contributed by atoms with Gasteiger partial charge in [-0.1, -0.05) is 0 Å². The first kappa shape index (κ1) is 12.6. The zero-order valence-electron chi connectivity index (χ0n) is 8.28. The van der Waals surface area contributed by atoms with Crippen molar-refractivity contribution in [3.8, 4) is 11.5 Å². The number of phenolic OH excluding ortho intramolecular Hbond substituents is 1. The average Bonchev–Trinajstić information content (AvgIpc) is 2.07. The molecule has 0 bridgehead atoms. The van der Waals surface area contributed by atoms with E-state index in [1.165, 1.54) is 6.07 Å². The summed E-state index contributed by atoms with van der Waals surface area (Å²) in [7, 11) is -5.55. The number of aromatic hydroxyl groups is 1. The Kier molecular flexibility index (Phi) is 3.63. The second kappa shape index (κ2) is 4.60. The highest BCUT2D eigenvalue weighted by Gasteiger charge is 2.15. The zero-order valence-corrected chi connectivity index (χ0v) is 9.10. The smallest absolute Gasteiger partial charge is 0.509 e. The summed E-state index contributed by atoms with van der Waals surface area (Å²) in [6.07, 6.45) is 0.960. The van der Waals surface area contributed by atoms with E-state index in [1.807, 2.05) is 0 Å². The zero-order chi connectivity index (χ0) is 12.3. The Bertz CT molecular complexity index is 474. The Balaban J connectivity index is 2.98. The van der Waals surface area contributed by atoms with Crippen LogP contribution >= 0.6 is 0 Å². The van der Waals surface area contributed by atoms with Crippen molar-refractivity contribution >= 4 is 23.0 Å². The Morgan fingerprint density at radius 1 is 1.38 bits per heavy atom. The summed E-state index contributed by atoms with van der Waals surface area (Å²) in [6.45, 7) is 0. The minimum Gasteiger partial charge on any atom is -0.509 e. The van der Waals surface area contributed by atoms with Gasteiger partial charge in [0.2, 0.25) is 10.0 Å². The topological polar surface area (TPSA) is 116 Å². The van der Waals surface area contributed by atoms with E-state index >= 15 is 0 Å². The van der Waals surface area contributed by atoms with Gasteiger partial charge in [0.1, 0.15) is 5.75 Å². The summed E-state index contributed by atoms with van der Waals surface area (Å²) >= 11 is 0. The van der Waals surface area contributed by atoms with Crippen molar-refractivity contribution < 1.29 is 28.2 Å². The van der Waals surface area contributed by atoms with Gasteiger partial charge in [0.15, 0.2) is 5.75 Å². The number of anilines is 1. The standard InChI is InChI=1S/C7H10BNO6S/c1-16(13,14)9-5-2-3-6(10)7(4-5)15-8(11)12/h2-4,9-12H,1H3. The largest absolute Gasteiger partial charge is 0.707 e. The molecular weight excluding hydrogens is 237 g/mol. The number of hydrogen-bond donors (Lipinski definition) is 4. The fourth-order valence-corrected chi connectivity index (χ4v) is 1.55. The van der Waals surface area contributed by atoms with Crippen molar-refractivity contribution in [1.82, 2.24) is 0 Å². The lowest BCUT2D eigenvalue weighted by Crippen LogP contribution is -2.20. The lowest BCUT2D eigenvalue weighted by Gasteiger charge is -2.09. The molecule has 0 fully saturated rings. The summed E-state index contributed by atoms with van der Waals surface area (Å²) in [5.41, 5.74) is 0.135. The van der Waals surface area contributed by atoms with Gasteiger partial charge in [0, 0.05) is 6.07 Å². The predicted octanol–water partition coefficient (Wildman–Crippen LogP) is -0.888. The number of hydrogen-bond acceptors (Lipinski definition) is 6. The van der Waals surface area contributed by atoms with Crippen molar-refractivity contribution in [2.24, 2.45) is 0 Å². The van der Waals surface area contributed by atoms with Gasteiger partial charge in [-0.25, -0.2) is 8.42 Å². The Morgan fingerprint density at radius 2 is 2.00 bits per heavy atom. The van der Waals surface area contributed by atoms with Gasteiger partial charge in [-0.3, -0.25) is 4.72 Å². The Morgan fingerprint density at radius 3 is 2.50 bits per heavy atom. The van der Waals surface area contributed by atoms with Crippen LogP contribution in [0.15, 0.2) is 18.2 Å². The molecular formula is C7H10BNO6S. The van der Waals surface area contributed by atoms with E-state index in [1.54, 1.807) is 0 Å². The molecule has 0 radical (unpaired) electrons. The van der Waals surface area contributed by atoms with Crippen LogP contribution in [0.5, 0.6) is 11.5 Å². The van der Waals surface area contributed by atoms with Crippen LogP contribution in [0.3, 0.4) is 0 Å². The molecule has 16 heavy (non-hydrogen) atoms. The van der Waals surface area contributed by atoms with Crippen LogP contribution in [0.4, 0.5) is 5.69 Å². The van der Waals surface area contributed by atoms with Gasteiger partial charge in [-0.15, -0.1) is 0 Å². The van der Waals surface area contributed by atoms with Gasteiger partial charge in [0.05, 0.1) is 11.9 Å². The number of nitrogens with one attached hydrogen (secondary N) is 1. The molecule has 0 spiro atoms. The summed E-state index contributed by atoms with van der Waals surface area (Å²) in [6, 6.07) is 3.58. The molecule has 9 heteroatoms. The first-order valence-electron chi connectivity index (χ1n) is 4.11. The number of sulfonamides is 1. The van der Waals surface area contributed by atoms with E-state index < -0.39 is 17.3 Å². The van der Waals surface area contributed by atoms with Gasteiger partial charge in [0.25, 0.3) is 0 Å². The molecule has 0 heterocycles. The normalized spacial score (nSPS) is 10.9. The molecule has 0 saturated heterocycles. The number of rotatable bonds is 4. The molecule has 0 aliphatic carbocycles. The third-order valence-electron chi connectivity index (χ3n) is 1.50. The summed E-state index contributed by atoms with van der Waals surface area (Å²) in [5.74, 6) is -0.587. The van der Waals surface area contributed by atoms with Crippen LogP contribution in [0.2, 0.25) is 0 Å². The maximum atomic E-state index is 10.9. The third-order valence-corrected chi connectivity index (χ3v) is 2.10. The first-order chi connectivity index (χ1) is 7.28. The monoisotopic (exact) mass is 247 g/mol. The van der Waals surface area contributed by atoms with Gasteiger partial charge in [-0.2, -0.15) is 0 Å². The second-order valence-corrected chi connectivity index (χ2v) is 4.75. The van der Waals surface area contributed by atoms with Gasteiger partial charge < -0.3 is 19.8 Å². The predicted molar refractivity (Wildman–Crippen MR) is 57.4 cm³/mol. The lowest BCUT2D eigenvalue weighted by atomic mass is 10.2. The molecule has 0 saturated carbocycles. The van der Waals surface area contributed by atoms with Crippen molar-refractivity contribution in [2.75, 3.05) is 11.0 Å². The van der Waals surface area contributed by atoms with Gasteiger partial charge >= 0.3 is 7.32 Å². The maximum absolute atomic E-state index is 10.9. The fraction of sp³-hybridized carbons (Fsp3) is 0.143. The molecule has 0 atom stereocenters. The molecule has 0 unspecified atom stereocenters. The van der Waals surface area contributed by atoms with Crippen LogP contribution in [0.25, 0.3) is 0 Å². The van der Waals surface area contributed by atoms with E-state index in [4.69, 9.17) is 10.0 Å². The lowest BCUT2D eigenvalue weighted by molar-refractivity contribution is 0.281. The van der Waals surface area contributed by atoms with Gasteiger partial charge in [-0.05, 0) is 12.1 Å². The molecule has 0 aromatic heterocycles. The molecule has 1 aromatic rings. The number of phenols is 1. The minimum absolute atomic E-state index is 0.135. The molecule has 0 aliphatic heterocycles. The molecule has 7 nitrogen and oxygen atoms in total. The summed E-state index contributed by atoms with van der Waals surface area (Å²) in [5, 5.41) is 26.3. The molecule has 0 amide bonds. The molecule has 1 aromatic carbocycles. The van der Waals surface area contributed by atoms with Crippen molar-refractivity contribution in [3.63, 3.8) is 0 Å². The summed E-state index contributed by atoms with van der Waals surface area (Å²) < 4.78 is 28.4. The Labute approximate surface area is 92.5 Å². The van der Waals surface area contributed by atoms with Crippen molar-refractivity contribution in [2.45, 2.75) is 0 Å². The molecule has 88 valence electrons. The fourth-order valence-electron chi connectivity index (χ4n) is 1.000. The SMILES string of the molecule is CS(=O)(=O)Nc1ccc(O)c(OB(O)O)c1. The summed E-state index contributed by atoms with van der Waals surface area (Å²) in [4.78, 5) is 0. The highest BCUT2D eigenvalue weighted by atomic mass is 32.2. The van der Waals surface area contributed by atoms with Crippen molar-refractivity contribution in [1.29, 1.82) is 0 Å². The Hall–Kier alpha value is -1.45. The van der Waals surface area contributed by atoms with Crippen LogP contribution in [-0.4, -0.2) is 37.1 Å². The maximum Gasteiger partial charge on any atom is 0.707 e. The van der Waals surface area contributed by atoms with E-state index in [-0.39, 0.29) is 17.2 Å². The third kappa shape index (κ3) is 3.97. The number of benzene rings is 1. The molecule has 4 N–H and O–H groups in total. The van der Waals surface area contributed by atoms with E-state index in [0.717, 1.165) is 18.4 Å².